The van der Waals surface area contributed by atoms with Gasteiger partial charge in [0.1, 0.15) is 0 Å². The molecule has 6 rings (SSSR count). The number of nitrogens with zero attached hydrogens (tertiary/aromatic N) is 6. The quantitative estimate of drug-likeness (QED) is 0.425. The molecule has 2 aromatic carbocycles. The Balaban J connectivity index is 1.03. The van der Waals surface area contributed by atoms with Crippen molar-refractivity contribution in [3.8, 4) is 22.5 Å². The number of piperidine rings is 2. The second-order valence-corrected chi connectivity index (χ2v) is 12.7. The van der Waals surface area contributed by atoms with Gasteiger partial charge >= 0.3 is 6.03 Å². The summed E-state index contributed by atoms with van der Waals surface area (Å²) >= 11 is 0. The van der Waals surface area contributed by atoms with Crippen LogP contribution in [0.5, 0.6) is 0 Å². The van der Waals surface area contributed by atoms with Crippen LogP contribution in [0.15, 0.2) is 72.8 Å². The lowest BCUT2D eigenvalue weighted by atomic mass is 9.93. The number of hydrogen-bond acceptors (Lipinski definition) is 5. The summed E-state index contributed by atoms with van der Waals surface area (Å²) in [5.41, 5.74) is 4.24. The van der Waals surface area contributed by atoms with E-state index in [9.17, 15) is 14.4 Å². The van der Waals surface area contributed by atoms with Gasteiger partial charge in [0, 0.05) is 95.1 Å². The van der Waals surface area contributed by atoms with Gasteiger partial charge in [-0.05, 0) is 37.8 Å². The van der Waals surface area contributed by atoms with Gasteiger partial charge in [0.2, 0.25) is 5.91 Å². The number of amides is 4. The summed E-state index contributed by atoms with van der Waals surface area (Å²) in [6.07, 6.45) is 3.41. The van der Waals surface area contributed by atoms with E-state index in [2.05, 4.69) is 4.90 Å². The van der Waals surface area contributed by atoms with Gasteiger partial charge in [-0.1, -0.05) is 60.7 Å². The third-order valence-corrected chi connectivity index (χ3v) is 9.60. The Morgan fingerprint density at radius 3 is 1.67 bits per heavy atom. The van der Waals surface area contributed by atoms with E-state index in [1.54, 1.807) is 19.0 Å². The van der Waals surface area contributed by atoms with Gasteiger partial charge in [-0.2, -0.15) is 0 Å². The van der Waals surface area contributed by atoms with Crippen molar-refractivity contribution in [3.63, 3.8) is 0 Å². The molecule has 0 spiro atoms. The van der Waals surface area contributed by atoms with Gasteiger partial charge in [-0.3, -0.25) is 14.5 Å². The standard InChI is InChI=1S/C36H44N6O3/c1-38(2)36(45)42-17-13-29(14-18-42)34(43)40-19-15-31(16-20-40)39-21-23-41(24-22-39)35(44)30-25-32(27-9-5-3-6-10-27)37-33(26-30)28-11-7-4-8-12-28/h3-12,25-26,29,31H,13-24H2,1-2H3. The Bertz CT molecular complexity index is 1420. The Hall–Kier alpha value is -4.24. The van der Waals surface area contributed by atoms with Crippen molar-refractivity contribution in [1.82, 2.24) is 29.5 Å². The summed E-state index contributed by atoms with van der Waals surface area (Å²) < 4.78 is 0. The Kier molecular flexibility index (Phi) is 9.45. The van der Waals surface area contributed by atoms with Crippen LogP contribution < -0.4 is 0 Å². The molecule has 0 aliphatic carbocycles. The second kappa shape index (κ2) is 13.8. The maximum Gasteiger partial charge on any atom is 0.319 e. The van der Waals surface area contributed by atoms with E-state index in [1.165, 1.54) is 0 Å². The molecule has 3 saturated heterocycles. The number of carbonyl (C=O) groups excluding carboxylic acids is 3. The molecule has 4 heterocycles. The van der Waals surface area contributed by atoms with Gasteiger partial charge < -0.3 is 19.6 Å². The molecule has 0 atom stereocenters. The zero-order valence-electron chi connectivity index (χ0n) is 26.5. The van der Waals surface area contributed by atoms with Crippen LogP contribution in [0.2, 0.25) is 0 Å². The summed E-state index contributed by atoms with van der Waals surface area (Å²) in [4.78, 5) is 54.2. The normalized spacial score (nSPS) is 18.6. The van der Waals surface area contributed by atoms with Crippen LogP contribution in [-0.4, -0.2) is 120 Å². The SMILES string of the molecule is CN(C)C(=O)N1CCC(C(=O)N2CCC(N3CCN(C(=O)c4cc(-c5ccccc5)nc(-c5ccccc5)c4)CC3)CC2)CC1. The van der Waals surface area contributed by atoms with Crippen LogP contribution in [0.25, 0.3) is 22.5 Å². The van der Waals surface area contributed by atoms with E-state index in [0.29, 0.717) is 37.8 Å². The minimum absolute atomic E-state index is 0.0142. The van der Waals surface area contributed by atoms with Crippen LogP contribution in [0.4, 0.5) is 4.79 Å². The van der Waals surface area contributed by atoms with Crippen molar-refractivity contribution in [2.45, 2.75) is 31.7 Å². The predicted molar refractivity (Wildman–Crippen MR) is 176 cm³/mol. The van der Waals surface area contributed by atoms with Crippen molar-refractivity contribution >= 4 is 17.8 Å². The molecular weight excluding hydrogens is 564 g/mol. The topological polar surface area (TPSA) is 80.3 Å². The number of carbonyl (C=O) groups is 3. The maximum atomic E-state index is 13.8. The van der Waals surface area contributed by atoms with E-state index in [0.717, 1.165) is 74.4 Å². The number of pyridine rings is 1. The summed E-state index contributed by atoms with van der Waals surface area (Å²) in [5.74, 6) is 0.313. The highest BCUT2D eigenvalue weighted by atomic mass is 16.2. The minimum atomic E-state index is 0.0142. The minimum Gasteiger partial charge on any atom is -0.342 e. The molecule has 0 saturated carbocycles. The van der Waals surface area contributed by atoms with Crippen molar-refractivity contribution < 1.29 is 14.4 Å². The zero-order valence-corrected chi connectivity index (χ0v) is 26.5. The van der Waals surface area contributed by atoms with Gasteiger partial charge in [0.25, 0.3) is 5.91 Å². The van der Waals surface area contributed by atoms with Gasteiger partial charge in [-0.25, -0.2) is 9.78 Å². The Labute approximate surface area is 266 Å². The number of aromatic nitrogens is 1. The summed E-state index contributed by atoms with van der Waals surface area (Å²) in [6, 6.07) is 24.4. The molecule has 0 unspecified atom stereocenters. The largest absolute Gasteiger partial charge is 0.342 e. The van der Waals surface area contributed by atoms with E-state index in [-0.39, 0.29) is 23.8 Å². The molecule has 3 aliphatic rings. The van der Waals surface area contributed by atoms with Crippen molar-refractivity contribution in [3.05, 3.63) is 78.4 Å². The van der Waals surface area contributed by atoms with E-state index < -0.39 is 0 Å². The number of likely N-dealkylation sites (tertiary alicyclic amines) is 2. The molecule has 0 bridgehead atoms. The van der Waals surface area contributed by atoms with E-state index >= 15 is 0 Å². The molecule has 1 aromatic heterocycles. The van der Waals surface area contributed by atoms with Crippen LogP contribution in [-0.2, 0) is 4.79 Å². The molecule has 236 valence electrons. The fourth-order valence-corrected chi connectivity index (χ4v) is 6.95. The fraction of sp³-hybridized carbons (Fsp3) is 0.444. The molecule has 0 radical (unpaired) electrons. The average Bonchev–Trinajstić information content (AvgIpc) is 3.11. The smallest absolute Gasteiger partial charge is 0.319 e. The van der Waals surface area contributed by atoms with Crippen molar-refractivity contribution in [1.29, 1.82) is 0 Å². The van der Waals surface area contributed by atoms with Crippen LogP contribution >= 0.6 is 0 Å². The number of piperazine rings is 1. The third-order valence-electron chi connectivity index (χ3n) is 9.60. The lowest BCUT2D eigenvalue weighted by molar-refractivity contribution is -0.138. The molecular formula is C36H44N6O3. The highest BCUT2D eigenvalue weighted by Crippen LogP contribution is 2.27. The second-order valence-electron chi connectivity index (χ2n) is 12.7. The van der Waals surface area contributed by atoms with Crippen molar-refractivity contribution in [2.24, 2.45) is 5.92 Å². The predicted octanol–water partition coefficient (Wildman–Crippen LogP) is 4.56. The Morgan fingerprint density at radius 1 is 0.644 bits per heavy atom. The highest BCUT2D eigenvalue weighted by molar-refractivity contribution is 5.96. The van der Waals surface area contributed by atoms with Crippen LogP contribution in [0, 0.1) is 5.92 Å². The van der Waals surface area contributed by atoms with Crippen LogP contribution in [0.3, 0.4) is 0 Å². The van der Waals surface area contributed by atoms with E-state index in [4.69, 9.17) is 4.98 Å². The molecule has 45 heavy (non-hydrogen) atoms. The average molecular weight is 609 g/mol. The monoisotopic (exact) mass is 608 g/mol. The zero-order chi connectivity index (χ0) is 31.3. The lowest BCUT2D eigenvalue weighted by Gasteiger charge is -2.43. The summed E-state index contributed by atoms with van der Waals surface area (Å²) in [5, 5.41) is 0. The number of urea groups is 1. The first-order chi connectivity index (χ1) is 21.9. The number of benzene rings is 2. The molecule has 9 heteroatoms. The first-order valence-corrected chi connectivity index (χ1v) is 16.3. The molecule has 3 fully saturated rings. The van der Waals surface area contributed by atoms with Crippen molar-refractivity contribution in [2.75, 3.05) is 66.5 Å². The number of hydrogen-bond donors (Lipinski definition) is 0. The fourth-order valence-electron chi connectivity index (χ4n) is 6.95. The van der Waals surface area contributed by atoms with E-state index in [1.807, 2.05) is 87.5 Å². The van der Waals surface area contributed by atoms with Gasteiger partial charge in [0.05, 0.1) is 11.4 Å². The molecule has 3 aliphatic heterocycles. The Morgan fingerprint density at radius 2 is 1.16 bits per heavy atom. The summed E-state index contributed by atoms with van der Waals surface area (Å²) in [6.45, 7) is 5.90. The first kappa shape index (κ1) is 30.8. The maximum absolute atomic E-state index is 13.8. The highest BCUT2D eigenvalue weighted by Gasteiger charge is 2.34. The molecule has 9 nitrogen and oxygen atoms in total. The van der Waals surface area contributed by atoms with Crippen LogP contribution in [0.1, 0.15) is 36.0 Å². The molecule has 0 N–H and O–H groups in total. The molecule has 4 amide bonds. The van der Waals surface area contributed by atoms with Gasteiger partial charge in [-0.15, -0.1) is 0 Å². The lowest BCUT2D eigenvalue weighted by Crippen LogP contribution is -2.55. The number of rotatable bonds is 5. The van der Waals surface area contributed by atoms with Gasteiger partial charge in [0.15, 0.2) is 0 Å². The third kappa shape index (κ3) is 7.04. The molecule has 3 aromatic rings. The summed E-state index contributed by atoms with van der Waals surface area (Å²) in [7, 11) is 3.54. The first-order valence-electron chi connectivity index (χ1n) is 16.3.